The van der Waals surface area contributed by atoms with Crippen LogP contribution in [-0.2, 0) is 28.9 Å². The molecule has 0 aliphatic heterocycles. The number of thioether (sulfide) groups is 1. The van der Waals surface area contributed by atoms with Crippen LogP contribution < -0.4 is 10.2 Å². The number of benzene rings is 1. The molecule has 0 saturated heterocycles. The van der Waals surface area contributed by atoms with Crippen molar-refractivity contribution in [3.05, 3.63) is 40.3 Å². The number of carbonyl (C=O) groups excluding carboxylic acids is 2. The lowest BCUT2D eigenvalue weighted by Crippen LogP contribution is -2.19. The Bertz CT molecular complexity index is 1230. The Balaban J connectivity index is 1.47. The third-order valence-corrected chi connectivity index (χ3v) is 8.15. The molecule has 3 aromatic rings. The number of esters is 1. The second kappa shape index (κ2) is 11.5. The van der Waals surface area contributed by atoms with Crippen molar-refractivity contribution in [3.8, 4) is 11.4 Å². The first-order valence-corrected chi connectivity index (χ1v) is 14.1. The van der Waals surface area contributed by atoms with Gasteiger partial charge in [0.15, 0.2) is 11.0 Å². The van der Waals surface area contributed by atoms with E-state index in [1.165, 1.54) is 28.0 Å². The Morgan fingerprint density at radius 2 is 1.89 bits per heavy atom. The molecule has 0 fully saturated rings. The minimum absolute atomic E-state index is 0.166. The Morgan fingerprint density at radius 1 is 1.17 bits per heavy atom. The van der Waals surface area contributed by atoms with Crippen molar-refractivity contribution in [1.82, 2.24) is 14.8 Å². The van der Waals surface area contributed by atoms with E-state index in [-0.39, 0.29) is 23.7 Å². The number of fused-ring (bicyclic) bond motifs is 1. The summed E-state index contributed by atoms with van der Waals surface area (Å²) >= 11 is 2.84. The molecule has 0 unspecified atom stereocenters. The van der Waals surface area contributed by atoms with E-state index in [9.17, 15) is 9.59 Å². The normalized spacial score (nSPS) is 12.9. The van der Waals surface area contributed by atoms with Crippen LogP contribution in [-0.4, -0.2) is 52.6 Å². The number of rotatable bonds is 9. The third kappa shape index (κ3) is 5.75. The highest BCUT2D eigenvalue weighted by Crippen LogP contribution is 2.39. The predicted octanol–water partition coefficient (Wildman–Crippen LogP) is 5.27. The van der Waals surface area contributed by atoms with Gasteiger partial charge < -0.3 is 19.5 Å². The van der Waals surface area contributed by atoms with Gasteiger partial charge >= 0.3 is 5.97 Å². The molecule has 0 saturated carbocycles. The van der Waals surface area contributed by atoms with E-state index in [4.69, 9.17) is 4.74 Å². The first kappa shape index (κ1) is 26.2. The number of carbonyl (C=O) groups is 2. The van der Waals surface area contributed by atoms with Gasteiger partial charge in [-0.15, -0.1) is 21.5 Å². The van der Waals surface area contributed by atoms with E-state index in [1.54, 1.807) is 0 Å². The maximum atomic E-state index is 12.9. The maximum absolute atomic E-state index is 12.9. The third-order valence-electron chi connectivity index (χ3n) is 5.98. The van der Waals surface area contributed by atoms with Gasteiger partial charge in [0.1, 0.15) is 5.00 Å². The van der Waals surface area contributed by atoms with Crippen LogP contribution in [0.25, 0.3) is 11.4 Å². The summed E-state index contributed by atoms with van der Waals surface area (Å²) in [4.78, 5) is 29.0. The second-order valence-corrected chi connectivity index (χ2v) is 11.2. The van der Waals surface area contributed by atoms with E-state index >= 15 is 0 Å². The van der Waals surface area contributed by atoms with Gasteiger partial charge in [0.2, 0.25) is 5.91 Å². The van der Waals surface area contributed by atoms with Gasteiger partial charge in [-0.2, -0.15) is 0 Å². The largest absolute Gasteiger partial charge is 0.459 e. The number of hydrogen-bond acceptors (Lipinski definition) is 8. The molecular formula is C26H33N5O3S2. The molecule has 8 nitrogen and oxygen atoms in total. The number of ether oxygens (including phenoxy) is 1. The fourth-order valence-corrected chi connectivity index (χ4v) is 6.33. The molecule has 2 heterocycles. The SMILES string of the molecule is CCn1c(SCC(=O)Nc2sc3c(c2C(=O)OC(C)C)CCCC3)nnc1-c1ccc(N(C)C)cc1. The molecule has 0 bridgehead atoms. The van der Waals surface area contributed by atoms with Crippen molar-refractivity contribution >= 4 is 45.7 Å². The van der Waals surface area contributed by atoms with Crippen LogP contribution in [0.2, 0.25) is 0 Å². The van der Waals surface area contributed by atoms with Gasteiger partial charge in [0.05, 0.1) is 17.4 Å². The van der Waals surface area contributed by atoms with Crippen molar-refractivity contribution < 1.29 is 14.3 Å². The number of aromatic nitrogens is 3. The summed E-state index contributed by atoms with van der Waals surface area (Å²) in [7, 11) is 4.01. The van der Waals surface area contributed by atoms with E-state index in [0.29, 0.717) is 22.3 Å². The highest BCUT2D eigenvalue weighted by Gasteiger charge is 2.28. The van der Waals surface area contributed by atoms with Gasteiger partial charge in [-0.05, 0) is 76.3 Å². The number of nitrogens with zero attached hydrogens (tertiary/aromatic N) is 4. The molecule has 2 aromatic heterocycles. The van der Waals surface area contributed by atoms with Crippen LogP contribution in [0.5, 0.6) is 0 Å². The summed E-state index contributed by atoms with van der Waals surface area (Å²) in [6, 6.07) is 8.16. The molecule has 1 aromatic carbocycles. The topological polar surface area (TPSA) is 89.3 Å². The van der Waals surface area contributed by atoms with E-state index < -0.39 is 0 Å². The van der Waals surface area contributed by atoms with Crippen molar-refractivity contribution in [2.45, 2.75) is 64.3 Å². The van der Waals surface area contributed by atoms with E-state index in [1.807, 2.05) is 68.6 Å². The molecule has 1 N–H and O–H groups in total. The Morgan fingerprint density at radius 3 is 2.56 bits per heavy atom. The molecule has 36 heavy (non-hydrogen) atoms. The standard InChI is InChI=1S/C26H33N5O3S2/c1-6-31-23(17-11-13-18(14-12-17)30(4)5)28-29-26(31)35-15-21(32)27-24-22(25(33)34-16(2)3)19-9-7-8-10-20(19)36-24/h11-14,16H,6-10,15H2,1-5H3,(H,27,32). The summed E-state index contributed by atoms with van der Waals surface area (Å²) in [5, 5.41) is 13.0. The fraction of sp³-hybridized carbons (Fsp3) is 0.462. The zero-order valence-corrected chi connectivity index (χ0v) is 23.1. The number of hydrogen-bond donors (Lipinski definition) is 1. The lowest BCUT2D eigenvalue weighted by molar-refractivity contribution is -0.113. The first-order chi connectivity index (χ1) is 17.3. The maximum Gasteiger partial charge on any atom is 0.341 e. The van der Waals surface area contributed by atoms with Gasteiger partial charge in [0.25, 0.3) is 0 Å². The van der Waals surface area contributed by atoms with Gasteiger partial charge in [-0.1, -0.05) is 11.8 Å². The molecule has 0 radical (unpaired) electrons. The molecular weight excluding hydrogens is 494 g/mol. The second-order valence-electron chi connectivity index (χ2n) is 9.20. The molecule has 4 rings (SSSR count). The number of nitrogens with one attached hydrogen (secondary N) is 1. The van der Waals surface area contributed by atoms with E-state index in [0.717, 1.165) is 48.3 Å². The fourth-order valence-electron chi connectivity index (χ4n) is 4.24. The average Bonchev–Trinajstić information content (AvgIpc) is 3.42. The van der Waals surface area contributed by atoms with Crippen molar-refractivity contribution in [2.24, 2.45) is 0 Å². The van der Waals surface area contributed by atoms with Crippen LogP contribution in [0.1, 0.15) is 54.4 Å². The molecule has 1 aliphatic carbocycles. The van der Waals surface area contributed by atoms with Crippen LogP contribution in [0.4, 0.5) is 10.7 Å². The summed E-state index contributed by atoms with van der Waals surface area (Å²) in [5.41, 5.74) is 3.65. The first-order valence-electron chi connectivity index (χ1n) is 12.3. The molecule has 192 valence electrons. The number of aryl methyl sites for hydroxylation is 1. The quantitative estimate of drug-likeness (QED) is 0.300. The Kier molecular flexibility index (Phi) is 8.35. The smallest absolute Gasteiger partial charge is 0.341 e. The summed E-state index contributed by atoms with van der Waals surface area (Å²) in [6.07, 6.45) is 3.70. The van der Waals surface area contributed by atoms with Crippen LogP contribution in [0, 0.1) is 0 Å². The summed E-state index contributed by atoms with van der Waals surface area (Å²) in [5.74, 6) is 0.400. The summed E-state index contributed by atoms with van der Waals surface area (Å²) in [6.45, 7) is 6.39. The van der Waals surface area contributed by atoms with Crippen molar-refractivity contribution in [3.63, 3.8) is 0 Å². The Labute approximate surface area is 220 Å². The Hall–Kier alpha value is -2.85. The molecule has 0 atom stereocenters. The minimum Gasteiger partial charge on any atom is -0.459 e. The number of thiophene rings is 1. The predicted molar refractivity (Wildman–Crippen MR) is 146 cm³/mol. The highest BCUT2D eigenvalue weighted by molar-refractivity contribution is 7.99. The molecule has 10 heteroatoms. The van der Waals surface area contributed by atoms with Crippen LogP contribution >= 0.6 is 23.1 Å². The summed E-state index contributed by atoms with van der Waals surface area (Å²) < 4.78 is 7.51. The minimum atomic E-state index is -0.358. The van der Waals surface area contributed by atoms with Gasteiger partial charge in [-0.3, -0.25) is 4.79 Å². The van der Waals surface area contributed by atoms with Crippen LogP contribution in [0.3, 0.4) is 0 Å². The number of amides is 1. The lowest BCUT2D eigenvalue weighted by Gasteiger charge is -2.14. The zero-order valence-electron chi connectivity index (χ0n) is 21.5. The van der Waals surface area contributed by atoms with Gasteiger partial charge in [-0.25, -0.2) is 4.79 Å². The molecule has 1 amide bonds. The van der Waals surface area contributed by atoms with Crippen molar-refractivity contribution in [1.29, 1.82) is 0 Å². The monoisotopic (exact) mass is 527 g/mol. The number of anilines is 2. The lowest BCUT2D eigenvalue weighted by atomic mass is 9.95. The van der Waals surface area contributed by atoms with Gasteiger partial charge in [0, 0.05) is 36.8 Å². The average molecular weight is 528 g/mol. The van der Waals surface area contributed by atoms with E-state index in [2.05, 4.69) is 15.5 Å². The van der Waals surface area contributed by atoms with Crippen LogP contribution in [0.15, 0.2) is 29.4 Å². The molecule has 1 aliphatic rings. The highest BCUT2D eigenvalue weighted by atomic mass is 32.2. The zero-order chi connectivity index (χ0) is 25.8. The van der Waals surface area contributed by atoms with Crippen molar-refractivity contribution in [2.75, 3.05) is 30.1 Å². The molecule has 0 spiro atoms.